The standard InChI is InChI=1S/C4H2O3.Sn/c5-3-1-2-4(6)7-3;/h1-2H;. The molecule has 0 aromatic carbocycles. The molecule has 0 fully saturated rings. The number of hydrogen-bond acceptors (Lipinski definition) is 3. The van der Waals surface area contributed by atoms with Crippen molar-refractivity contribution in [3.05, 3.63) is 12.2 Å². The van der Waals surface area contributed by atoms with Gasteiger partial charge in [-0.05, 0) is 0 Å². The minimum atomic E-state index is -0.579. The van der Waals surface area contributed by atoms with Crippen molar-refractivity contribution in [2.75, 3.05) is 0 Å². The van der Waals surface area contributed by atoms with Gasteiger partial charge >= 0.3 is 11.9 Å². The normalized spacial score (nSPS) is 15.5. The van der Waals surface area contributed by atoms with E-state index in [4.69, 9.17) is 0 Å². The van der Waals surface area contributed by atoms with Crippen LogP contribution in [0.1, 0.15) is 0 Å². The van der Waals surface area contributed by atoms with E-state index in [0.29, 0.717) is 0 Å². The maximum absolute atomic E-state index is 9.92. The van der Waals surface area contributed by atoms with Crippen LogP contribution in [0.5, 0.6) is 0 Å². The second-order valence-electron chi connectivity index (χ2n) is 1.07. The third kappa shape index (κ3) is 1.65. The minimum absolute atomic E-state index is 0. The molecule has 0 N–H and O–H groups in total. The van der Waals surface area contributed by atoms with Crippen LogP contribution >= 0.6 is 0 Å². The summed E-state index contributed by atoms with van der Waals surface area (Å²) < 4.78 is 3.97. The van der Waals surface area contributed by atoms with E-state index in [1.807, 2.05) is 0 Å². The molecule has 0 unspecified atom stereocenters. The van der Waals surface area contributed by atoms with E-state index >= 15 is 0 Å². The summed E-state index contributed by atoms with van der Waals surface area (Å²) in [4.78, 5) is 19.8. The van der Waals surface area contributed by atoms with Gasteiger partial charge in [-0.1, -0.05) is 0 Å². The summed E-state index contributed by atoms with van der Waals surface area (Å²) in [6.07, 6.45) is 2.17. The van der Waals surface area contributed by atoms with Crippen LogP contribution in [0.3, 0.4) is 0 Å². The number of hydrogen-bond donors (Lipinski definition) is 0. The molecule has 0 amide bonds. The van der Waals surface area contributed by atoms with E-state index in [9.17, 15) is 9.59 Å². The molecule has 40 valence electrons. The SMILES string of the molecule is O=C1C=CC(=O)O1.[Sn]. The predicted molar refractivity (Wildman–Crippen MR) is 26.0 cm³/mol. The third-order valence-corrected chi connectivity index (χ3v) is 0.557. The molecule has 0 atom stereocenters. The monoisotopic (exact) mass is 218 g/mol. The number of cyclic esters (lactones) is 2. The molecule has 0 saturated heterocycles. The van der Waals surface area contributed by atoms with E-state index in [0.717, 1.165) is 12.2 Å². The van der Waals surface area contributed by atoms with Gasteiger partial charge in [-0.2, -0.15) is 0 Å². The number of carbonyl (C=O) groups excluding carboxylic acids is 2. The van der Waals surface area contributed by atoms with Crippen molar-refractivity contribution in [3.63, 3.8) is 0 Å². The van der Waals surface area contributed by atoms with E-state index in [-0.39, 0.29) is 23.9 Å². The molecule has 4 radical (unpaired) electrons. The molecule has 4 heteroatoms. The molecule has 1 heterocycles. The van der Waals surface area contributed by atoms with Gasteiger partial charge in [0.1, 0.15) is 0 Å². The first-order chi connectivity index (χ1) is 3.29. The average Bonchev–Trinajstić information content (AvgIpc) is 1.87. The molecule has 0 spiro atoms. The van der Waals surface area contributed by atoms with Crippen molar-refractivity contribution < 1.29 is 14.3 Å². The van der Waals surface area contributed by atoms with Gasteiger partial charge in [-0.15, -0.1) is 0 Å². The summed E-state index contributed by atoms with van der Waals surface area (Å²) in [6, 6.07) is 0. The second kappa shape index (κ2) is 2.86. The fourth-order valence-corrected chi connectivity index (χ4v) is 0.303. The smallest absolute Gasteiger partial charge is 0.338 e. The Balaban J connectivity index is 0.000000490. The number of esters is 2. The van der Waals surface area contributed by atoms with Crippen LogP contribution < -0.4 is 0 Å². The summed E-state index contributed by atoms with van der Waals surface area (Å²) >= 11 is 0. The molecule has 1 aliphatic rings. The Bertz CT molecular complexity index is 133. The first-order valence-electron chi connectivity index (χ1n) is 1.73. The Hall–Kier alpha value is -0.321. The Morgan fingerprint density at radius 3 is 1.62 bits per heavy atom. The largest absolute Gasteiger partial charge is 0.387 e. The van der Waals surface area contributed by atoms with Gasteiger partial charge in [0.15, 0.2) is 0 Å². The van der Waals surface area contributed by atoms with E-state index in [1.54, 1.807) is 0 Å². The second-order valence-corrected chi connectivity index (χ2v) is 1.07. The number of rotatable bonds is 0. The Morgan fingerprint density at radius 2 is 1.50 bits per heavy atom. The molecule has 0 aromatic rings. The van der Waals surface area contributed by atoms with Crippen LogP contribution in [-0.4, -0.2) is 35.8 Å². The molecule has 0 aliphatic carbocycles. The molecular formula is C4H2O3Sn. The zero-order valence-corrected chi connectivity index (χ0v) is 6.73. The van der Waals surface area contributed by atoms with E-state index in [2.05, 4.69) is 4.74 Å². The van der Waals surface area contributed by atoms with Crippen molar-refractivity contribution in [1.29, 1.82) is 0 Å². The average molecular weight is 217 g/mol. The van der Waals surface area contributed by atoms with Crippen molar-refractivity contribution >= 4 is 35.8 Å². The van der Waals surface area contributed by atoms with Crippen LogP contribution in [-0.2, 0) is 14.3 Å². The molecule has 3 nitrogen and oxygen atoms in total. The van der Waals surface area contributed by atoms with E-state index < -0.39 is 11.9 Å². The molecule has 8 heavy (non-hydrogen) atoms. The summed E-state index contributed by atoms with van der Waals surface area (Å²) in [5, 5.41) is 0. The Kier molecular flexibility index (Phi) is 2.74. The number of ether oxygens (including phenoxy) is 1. The maximum Gasteiger partial charge on any atom is 0.338 e. The summed E-state index contributed by atoms with van der Waals surface area (Å²) in [6.45, 7) is 0. The summed E-state index contributed by atoms with van der Waals surface area (Å²) in [7, 11) is 0. The van der Waals surface area contributed by atoms with Gasteiger partial charge < -0.3 is 4.74 Å². The first kappa shape index (κ1) is 7.68. The fourth-order valence-electron chi connectivity index (χ4n) is 0.303. The van der Waals surface area contributed by atoms with Crippen LogP contribution in [0.25, 0.3) is 0 Å². The molecular weight excluding hydrogens is 215 g/mol. The third-order valence-electron chi connectivity index (χ3n) is 0.557. The van der Waals surface area contributed by atoms with Crippen molar-refractivity contribution in [3.8, 4) is 0 Å². The molecule has 1 rings (SSSR count). The van der Waals surface area contributed by atoms with Crippen LogP contribution in [0, 0.1) is 0 Å². The van der Waals surface area contributed by atoms with Gasteiger partial charge in [0.05, 0.1) is 0 Å². The Morgan fingerprint density at radius 1 is 1.12 bits per heavy atom. The minimum Gasteiger partial charge on any atom is -0.387 e. The maximum atomic E-state index is 9.92. The molecule has 1 aliphatic heterocycles. The zero-order valence-electron chi connectivity index (χ0n) is 3.88. The molecule has 0 aromatic heterocycles. The summed E-state index contributed by atoms with van der Waals surface area (Å²) in [5.41, 5.74) is 0. The van der Waals surface area contributed by atoms with Crippen LogP contribution in [0.2, 0.25) is 0 Å². The van der Waals surface area contributed by atoms with Crippen molar-refractivity contribution in [2.24, 2.45) is 0 Å². The fraction of sp³-hybridized carbons (Fsp3) is 0. The predicted octanol–water partition coefficient (Wildman–Crippen LogP) is -0.755. The topological polar surface area (TPSA) is 43.4 Å². The molecule has 0 saturated carbocycles. The van der Waals surface area contributed by atoms with Crippen molar-refractivity contribution in [1.82, 2.24) is 0 Å². The quantitative estimate of drug-likeness (QED) is 0.304. The van der Waals surface area contributed by atoms with Gasteiger partial charge in [-0.25, -0.2) is 9.59 Å². The number of carbonyl (C=O) groups is 2. The zero-order chi connectivity index (χ0) is 5.28. The Labute approximate surface area is 62.7 Å². The van der Waals surface area contributed by atoms with Crippen molar-refractivity contribution in [2.45, 2.75) is 0 Å². The molecule has 0 bridgehead atoms. The first-order valence-corrected chi connectivity index (χ1v) is 1.73. The summed E-state index contributed by atoms with van der Waals surface area (Å²) in [5.74, 6) is -1.16. The van der Waals surface area contributed by atoms with E-state index in [1.165, 1.54) is 0 Å². The van der Waals surface area contributed by atoms with Crippen LogP contribution in [0.15, 0.2) is 12.2 Å². The van der Waals surface area contributed by atoms with Gasteiger partial charge in [0.2, 0.25) is 0 Å². The van der Waals surface area contributed by atoms with Gasteiger partial charge in [0.25, 0.3) is 0 Å². The van der Waals surface area contributed by atoms with Gasteiger partial charge in [-0.3, -0.25) is 0 Å². The van der Waals surface area contributed by atoms with Gasteiger partial charge in [0, 0.05) is 36.1 Å². The van der Waals surface area contributed by atoms with Crippen LogP contribution in [0.4, 0.5) is 0 Å².